The highest BCUT2D eigenvalue weighted by Gasteiger charge is 2.17. The Labute approximate surface area is 95.3 Å². The van der Waals surface area contributed by atoms with Crippen LogP contribution in [0.5, 0.6) is 0 Å². The predicted molar refractivity (Wildman–Crippen MR) is 59.0 cm³/mol. The summed E-state index contributed by atoms with van der Waals surface area (Å²) in [5, 5.41) is 8.50. The van der Waals surface area contributed by atoms with Crippen molar-refractivity contribution < 1.29 is 19.4 Å². The molecule has 90 valence electrons. The summed E-state index contributed by atoms with van der Waals surface area (Å²) in [6, 6.07) is 0. The van der Waals surface area contributed by atoms with Crippen LogP contribution in [0.2, 0.25) is 0 Å². The third-order valence-corrected chi connectivity index (χ3v) is 2.74. The topological polar surface area (TPSA) is 63.6 Å². The van der Waals surface area contributed by atoms with Gasteiger partial charge in [-0.25, -0.2) is 9.59 Å². The number of carbonyl (C=O) groups excluding carboxylic acids is 1. The Kier molecular flexibility index (Phi) is 5.02. The Balaban J connectivity index is 2.46. The van der Waals surface area contributed by atoms with Crippen molar-refractivity contribution in [2.45, 2.75) is 51.6 Å². The van der Waals surface area contributed by atoms with Gasteiger partial charge in [-0.3, -0.25) is 0 Å². The first-order valence-electron chi connectivity index (χ1n) is 5.72. The van der Waals surface area contributed by atoms with E-state index in [1.807, 2.05) is 0 Å². The number of carboxylic acid groups (broad SMARTS) is 1. The van der Waals surface area contributed by atoms with Gasteiger partial charge in [0.05, 0.1) is 0 Å². The molecule has 4 nitrogen and oxygen atoms in total. The van der Waals surface area contributed by atoms with Crippen molar-refractivity contribution >= 4 is 11.9 Å². The lowest BCUT2D eigenvalue weighted by Gasteiger charge is -2.15. The number of carbonyl (C=O) groups is 2. The average molecular weight is 226 g/mol. The molecule has 0 heterocycles. The molecule has 1 fully saturated rings. The van der Waals surface area contributed by atoms with Gasteiger partial charge in [0, 0.05) is 11.6 Å². The van der Waals surface area contributed by atoms with E-state index < -0.39 is 11.9 Å². The van der Waals surface area contributed by atoms with Crippen LogP contribution in [0.1, 0.15) is 45.4 Å². The minimum atomic E-state index is -1.12. The quantitative estimate of drug-likeness (QED) is 0.455. The second-order valence-electron chi connectivity index (χ2n) is 4.18. The van der Waals surface area contributed by atoms with Gasteiger partial charge >= 0.3 is 11.9 Å². The van der Waals surface area contributed by atoms with Crippen LogP contribution in [0, 0.1) is 0 Å². The number of hydrogen-bond donors (Lipinski definition) is 1. The van der Waals surface area contributed by atoms with Crippen molar-refractivity contribution in [1.82, 2.24) is 0 Å². The van der Waals surface area contributed by atoms with Crippen LogP contribution in [-0.2, 0) is 14.3 Å². The molecule has 0 bridgehead atoms. The minimum Gasteiger partial charge on any atom is -0.478 e. The van der Waals surface area contributed by atoms with E-state index in [0.29, 0.717) is 0 Å². The van der Waals surface area contributed by atoms with E-state index in [2.05, 4.69) is 0 Å². The van der Waals surface area contributed by atoms with Gasteiger partial charge in [-0.2, -0.15) is 0 Å². The smallest absolute Gasteiger partial charge is 0.334 e. The SMILES string of the molecule is C/C(=C/C(=O)O)C(=O)OC1CCCCCC1. The Hall–Kier alpha value is -1.32. The molecule has 0 aliphatic heterocycles. The normalized spacial score (nSPS) is 18.9. The Bertz CT molecular complexity index is 285. The fraction of sp³-hybridized carbons (Fsp3) is 0.667. The van der Waals surface area contributed by atoms with Crippen LogP contribution in [0.15, 0.2) is 11.6 Å². The second kappa shape index (κ2) is 6.30. The third-order valence-electron chi connectivity index (χ3n) is 2.74. The molecule has 0 aromatic rings. The monoisotopic (exact) mass is 226 g/mol. The van der Waals surface area contributed by atoms with Crippen LogP contribution in [0.3, 0.4) is 0 Å². The van der Waals surface area contributed by atoms with Gasteiger partial charge < -0.3 is 9.84 Å². The van der Waals surface area contributed by atoms with E-state index in [9.17, 15) is 9.59 Å². The highest BCUT2D eigenvalue weighted by Crippen LogP contribution is 2.20. The summed E-state index contributed by atoms with van der Waals surface area (Å²) in [5.74, 6) is -1.62. The zero-order valence-electron chi connectivity index (χ0n) is 9.57. The number of rotatable bonds is 3. The molecule has 0 saturated heterocycles. The van der Waals surface area contributed by atoms with Gasteiger partial charge in [0.2, 0.25) is 0 Å². The van der Waals surface area contributed by atoms with Crippen LogP contribution in [-0.4, -0.2) is 23.1 Å². The van der Waals surface area contributed by atoms with Gasteiger partial charge in [-0.1, -0.05) is 12.8 Å². The molecule has 1 N–H and O–H groups in total. The number of esters is 1. The molecule has 4 heteroatoms. The van der Waals surface area contributed by atoms with Crippen molar-refractivity contribution in [3.63, 3.8) is 0 Å². The van der Waals surface area contributed by atoms with Crippen LogP contribution in [0.25, 0.3) is 0 Å². The van der Waals surface area contributed by atoms with Gasteiger partial charge in [0.1, 0.15) is 6.10 Å². The molecular weight excluding hydrogens is 208 g/mol. The molecule has 1 saturated carbocycles. The third kappa shape index (κ3) is 4.47. The lowest BCUT2D eigenvalue weighted by Crippen LogP contribution is -2.18. The van der Waals surface area contributed by atoms with E-state index in [-0.39, 0.29) is 11.7 Å². The Morgan fingerprint density at radius 3 is 2.25 bits per heavy atom. The van der Waals surface area contributed by atoms with Gasteiger partial charge in [0.15, 0.2) is 0 Å². The standard InChI is InChI=1S/C12H18O4/c1-9(8-11(13)14)12(15)16-10-6-4-2-3-5-7-10/h8,10H,2-7H2,1H3,(H,13,14)/b9-8-. The first-order valence-corrected chi connectivity index (χ1v) is 5.72. The fourth-order valence-corrected chi connectivity index (χ4v) is 1.85. The Morgan fingerprint density at radius 2 is 1.75 bits per heavy atom. The van der Waals surface area contributed by atoms with Crippen molar-refractivity contribution in [2.24, 2.45) is 0 Å². The van der Waals surface area contributed by atoms with Crippen LogP contribution < -0.4 is 0 Å². The first-order chi connectivity index (χ1) is 7.59. The number of carboxylic acids is 1. The maximum Gasteiger partial charge on any atom is 0.334 e. The van der Waals surface area contributed by atoms with E-state index in [4.69, 9.17) is 9.84 Å². The minimum absolute atomic E-state index is 0.0351. The molecule has 0 aromatic carbocycles. The molecule has 1 aliphatic carbocycles. The van der Waals surface area contributed by atoms with Crippen molar-refractivity contribution in [3.05, 3.63) is 11.6 Å². The zero-order chi connectivity index (χ0) is 12.0. The molecule has 0 amide bonds. The molecule has 0 unspecified atom stereocenters. The highest BCUT2D eigenvalue weighted by atomic mass is 16.5. The zero-order valence-corrected chi connectivity index (χ0v) is 9.57. The molecule has 0 atom stereocenters. The largest absolute Gasteiger partial charge is 0.478 e. The summed E-state index contributed by atoms with van der Waals surface area (Å²) in [5.41, 5.74) is 0.150. The lowest BCUT2D eigenvalue weighted by atomic mass is 10.1. The predicted octanol–water partition coefficient (Wildman–Crippen LogP) is 2.28. The van der Waals surface area contributed by atoms with Gasteiger partial charge in [-0.05, 0) is 32.6 Å². The molecule has 0 radical (unpaired) electrons. The summed E-state index contributed by atoms with van der Waals surface area (Å²) >= 11 is 0. The molecule has 1 aliphatic rings. The molecule has 16 heavy (non-hydrogen) atoms. The molecule has 1 rings (SSSR count). The summed E-state index contributed by atoms with van der Waals surface area (Å²) in [6.45, 7) is 1.47. The van der Waals surface area contributed by atoms with Gasteiger partial charge in [-0.15, -0.1) is 0 Å². The molecule has 0 spiro atoms. The fourth-order valence-electron chi connectivity index (χ4n) is 1.85. The summed E-state index contributed by atoms with van der Waals surface area (Å²) < 4.78 is 5.26. The van der Waals surface area contributed by atoms with Crippen molar-refractivity contribution in [1.29, 1.82) is 0 Å². The van der Waals surface area contributed by atoms with Crippen molar-refractivity contribution in [3.8, 4) is 0 Å². The number of ether oxygens (including phenoxy) is 1. The van der Waals surface area contributed by atoms with E-state index >= 15 is 0 Å². The van der Waals surface area contributed by atoms with Crippen molar-refractivity contribution in [2.75, 3.05) is 0 Å². The van der Waals surface area contributed by atoms with Crippen LogP contribution in [0.4, 0.5) is 0 Å². The van der Waals surface area contributed by atoms with E-state index in [0.717, 1.165) is 31.8 Å². The Morgan fingerprint density at radius 1 is 1.19 bits per heavy atom. The molecular formula is C12H18O4. The van der Waals surface area contributed by atoms with E-state index in [1.165, 1.54) is 19.8 Å². The van der Waals surface area contributed by atoms with E-state index in [1.54, 1.807) is 0 Å². The maximum absolute atomic E-state index is 11.5. The molecule has 0 aromatic heterocycles. The second-order valence-corrected chi connectivity index (χ2v) is 4.18. The first kappa shape index (κ1) is 12.7. The number of hydrogen-bond acceptors (Lipinski definition) is 3. The summed E-state index contributed by atoms with van der Waals surface area (Å²) in [4.78, 5) is 21.9. The van der Waals surface area contributed by atoms with Crippen LogP contribution >= 0.6 is 0 Å². The lowest BCUT2D eigenvalue weighted by molar-refractivity contribution is -0.145. The average Bonchev–Trinajstić information content (AvgIpc) is 2.45. The maximum atomic E-state index is 11.5. The summed E-state index contributed by atoms with van der Waals surface area (Å²) in [6.07, 6.45) is 7.19. The van der Waals surface area contributed by atoms with Gasteiger partial charge in [0.25, 0.3) is 0 Å². The highest BCUT2D eigenvalue weighted by molar-refractivity contribution is 5.95. The summed E-state index contributed by atoms with van der Waals surface area (Å²) in [7, 11) is 0. The number of aliphatic carboxylic acids is 1.